The van der Waals surface area contributed by atoms with Crippen LogP contribution in [0.2, 0.25) is 0 Å². The van der Waals surface area contributed by atoms with E-state index in [1.165, 1.54) is 17.0 Å². The highest BCUT2D eigenvalue weighted by molar-refractivity contribution is 5.95. The molecule has 0 bridgehead atoms. The summed E-state index contributed by atoms with van der Waals surface area (Å²) >= 11 is 0. The predicted molar refractivity (Wildman–Crippen MR) is 59.5 cm³/mol. The molecule has 17 heavy (non-hydrogen) atoms. The maximum Gasteiger partial charge on any atom is 0.254 e. The van der Waals surface area contributed by atoms with E-state index in [2.05, 4.69) is 20.4 Å². The molecule has 2 aromatic rings. The Morgan fingerprint density at radius 2 is 2.35 bits per heavy atom. The molecular weight excluding hydrogens is 222 g/mol. The SMILES string of the molecule is Cc1c(C(=O)NC[C@@H](C)O)cnc2ncnn12. The van der Waals surface area contributed by atoms with Crippen molar-refractivity contribution >= 4 is 11.7 Å². The summed E-state index contributed by atoms with van der Waals surface area (Å²) in [5.74, 6) is 0.169. The van der Waals surface area contributed by atoms with E-state index in [0.717, 1.165) is 0 Å². The topological polar surface area (TPSA) is 92.4 Å². The van der Waals surface area contributed by atoms with Gasteiger partial charge in [0.2, 0.25) is 0 Å². The van der Waals surface area contributed by atoms with Crippen molar-refractivity contribution in [2.45, 2.75) is 20.0 Å². The summed E-state index contributed by atoms with van der Waals surface area (Å²) in [6, 6.07) is 0. The molecule has 90 valence electrons. The van der Waals surface area contributed by atoms with Gasteiger partial charge in [0.05, 0.1) is 17.4 Å². The zero-order chi connectivity index (χ0) is 12.4. The molecule has 0 unspecified atom stereocenters. The number of hydrogen-bond acceptors (Lipinski definition) is 5. The highest BCUT2D eigenvalue weighted by Crippen LogP contribution is 2.07. The van der Waals surface area contributed by atoms with Crippen molar-refractivity contribution in [2.75, 3.05) is 6.54 Å². The lowest BCUT2D eigenvalue weighted by Gasteiger charge is -2.09. The molecule has 0 saturated heterocycles. The molecule has 0 aliphatic heterocycles. The summed E-state index contributed by atoms with van der Waals surface area (Å²) in [6.45, 7) is 3.57. The number of fused-ring (bicyclic) bond motifs is 1. The van der Waals surface area contributed by atoms with Crippen molar-refractivity contribution in [3.63, 3.8) is 0 Å². The maximum atomic E-state index is 11.8. The third-order valence-electron chi connectivity index (χ3n) is 2.35. The molecule has 1 atom stereocenters. The van der Waals surface area contributed by atoms with Crippen LogP contribution in [0.15, 0.2) is 12.5 Å². The highest BCUT2D eigenvalue weighted by Gasteiger charge is 2.13. The molecule has 0 aliphatic carbocycles. The smallest absolute Gasteiger partial charge is 0.254 e. The Balaban J connectivity index is 2.29. The van der Waals surface area contributed by atoms with Gasteiger partial charge in [0.15, 0.2) is 0 Å². The minimum Gasteiger partial charge on any atom is -0.392 e. The van der Waals surface area contributed by atoms with E-state index in [9.17, 15) is 4.79 Å². The fourth-order valence-electron chi connectivity index (χ4n) is 1.45. The van der Waals surface area contributed by atoms with Gasteiger partial charge in [0.25, 0.3) is 11.7 Å². The number of carbonyl (C=O) groups is 1. The van der Waals surface area contributed by atoms with Crippen LogP contribution >= 0.6 is 0 Å². The van der Waals surface area contributed by atoms with Crippen LogP contribution in [0.5, 0.6) is 0 Å². The largest absolute Gasteiger partial charge is 0.392 e. The fourth-order valence-corrected chi connectivity index (χ4v) is 1.45. The lowest BCUT2D eigenvalue weighted by atomic mass is 10.2. The van der Waals surface area contributed by atoms with E-state index in [1.54, 1.807) is 13.8 Å². The van der Waals surface area contributed by atoms with Crippen LogP contribution in [0.1, 0.15) is 23.0 Å². The summed E-state index contributed by atoms with van der Waals surface area (Å²) in [5, 5.41) is 15.7. The minimum absolute atomic E-state index is 0.202. The Morgan fingerprint density at radius 3 is 3.06 bits per heavy atom. The van der Waals surface area contributed by atoms with Crippen molar-refractivity contribution < 1.29 is 9.90 Å². The zero-order valence-electron chi connectivity index (χ0n) is 9.58. The maximum absolute atomic E-state index is 11.8. The Bertz CT molecular complexity index is 549. The van der Waals surface area contributed by atoms with Gasteiger partial charge in [-0.05, 0) is 13.8 Å². The lowest BCUT2D eigenvalue weighted by Crippen LogP contribution is -2.31. The first-order valence-corrected chi connectivity index (χ1v) is 5.21. The Kier molecular flexibility index (Phi) is 3.01. The first kappa shape index (κ1) is 11.5. The summed E-state index contributed by atoms with van der Waals surface area (Å²) < 4.78 is 1.50. The summed E-state index contributed by atoms with van der Waals surface area (Å²) in [4.78, 5) is 19.8. The Hall–Kier alpha value is -2.02. The molecule has 0 fully saturated rings. The van der Waals surface area contributed by atoms with E-state index in [4.69, 9.17) is 5.11 Å². The Labute approximate surface area is 97.5 Å². The molecule has 7 heteroatoms. The summed E-state index contributed by atoms with van der Waals surface area (Å²) in [7, 11) is 0. The van der Waals surface area contributed by atoms with Gasteiger partial charge in [-0.3, -0.25) is 4.79 Å². The third kappa shape index (κ3) is 2.23. The van der Waals surface area contributed by atoms with E-state index in [1.807, 2.05) is 0 Å². The van der Waals surface area contributed by atoms with Crippen LogP contribution in [0.4, 0.5) is 0 Å². The fraction of sp³-hybridized carbons (Fsp3) is 0.400. The number of aromatic nitrogens is 4. The normalized spacial score (nSPS) is 12.6. The first-order chi connectivity index (χ1) is 8.09. The number of carbonyl (C=O) groups excluding carboxylic acids is 1. The number of nitrogens with zero attached hydrogens (tertiary/aromatic N) is 4. The zero-order valence-corrected chi connectivity index (χ0v) is 9.58. The molecule has 2 rings (SSSR count). The van der Waals surface area contributed by atoms with Crippen LogP contribution < -0.4 is 5.32 Å². The molecule has 7 nitrogen and oxygen atoms in total. The van der Waals surface area contributed by atoms with Gasteiger partial charge < -0.3 is 10.4 Å². The van der Waals surface area contributed by atoms with Gasteiger partial charge in [-0.25, -0.2) is 9.50 Å². The van der Waals surface area contributed by atoms with Gasteiger partial charge >= 0.3 is 0 Å². The minimum atomic E-state index is -0.581. The average Bonchev–Trinajstić information content (AvgIpc) is 2.75. The summed E-state index contributed by atoms with van der Waals surface area (Å²) in [5.41, 5.74) is 1.08. The molecular formula is C10H13N5O2. The molecule has 1 amide bonds. The monoisotopic (exact) mass is 235 g/mol. The predicted octanol–water partition coefficient (Wildman–Crippen LogP) is -0.457. The molecule has 0 radical (unpaired) electrons. The van der Waals surface area contributed by atoms with Crippen molar-refractivity contribution in [1.29, 1.82) is 0 Å². The lowest BCUT2D eigenvalue weighted by molar-refractivity contribution is 0.0922. The van der Waals surface area contributed by atoms with Crippen molar-refractivity contribution in [3.05, 3.63) is 23.8 Å². The second-order valence-electron chi connectivity index (χ2n) is 3.79. The molecule has 2 aromatic heterocycles. The molecule has 2 N–H and O–H groups in total. The van der Waals surface area contributed by atoms with Crippen molar-refractivity contribution in [1.82, 2.24) is 24.9 Å². The standard InChI is InChI=1S/C10H13N5O2/c1-6(16)3-11-9(17)8-4-12-10-13-5-14-15(10)7(8)2/h4-6,16H,3H2,1-2H3,(H,11,17)/t6-/m1/s1. The number of aliphatic hydroxyl groups excluding tert-OH is 1. The number of aliphatic hydroxyl groups is 1. The van der Waals surface area contributed by atoms with Crippen LogP contribution in [0.25, 0.3) is 5.78 Å². The second kappa shape index (κ2) is 4.46. The number of nitrogens with one attached hydrogen (secondary N) is 1. The quantitative estimate of drug-likeness (QED) is 0.751. The molecule has 0 aromatic carbocycles. The van der Waals surface area contributed by atoms with E-state index in [0.29, 0.717) is 17.0 Å². The van der Waals surface area contributed by atoms with Gasteiger partial charge in [-0.15, -0.1) is 0 Å². The van der Waals surface area contributed by atoms with Gasteiger partial charge in [-0.2, -0.15) is 10.1 Å². The van der Waals surface area contributed by atoms with Crippen LogP contribution in [-0.4, -0.2) is 43.2 Å². The van der Waals surface area contributed by atoms with Crippen LogP contribution in [0, 0.1) is 6.92 Å². The summed E-state index contributed by atoms with van der Waals surface area (Å²) in [6.07, 6.45) is 2.26. The van der Waals surface area contributed by atoms with Gasteiger partial charge in [0, 0.05) is 12.7 Å². The van der Waals surface area contributed by atoms with Crippen LogP contribution in [0.3, 0.4) is 0 Å². The number of rotatable bonds is 3. The van der Waals surface area contributed by atoms with Gasteiger partial charge in [0.1, 0.15) is 6.33 Å². The highest BCUT2D eigenvalue weighted by atomic mass is 16.3. The second-order valence-corrected chi connectivity index (χ2v) is 3.79. The van der Waals surface area contributed by atoms with Gasteiger partial charge in [-0.1, -0.05) is 0 Å². The van der Waals surface area contributed by atoms with E-state index < -0.39 is 6.10 Å². The average molecular weight is 235 g/mol. The van der Waals surface area contributed by atoms with E-state index in [-0.39, 0.29) is 12.5 Å². The van der Waals surface area contributed by atoms with Crippen molar-refractivity contribution in [2.24, 2.45) is 0 Å². The molecule has 0 aliphatic rings. The number of aryl methyl sites for hydroxylation is 1. The first-order valence-electron chi connectivity index (χ1n) is 5.21. The molecule has 0 spiro atoms. The Morgan fingerprint density at radius 1 is 1.59 bits per heavy atom. The third-order valence-corrected chi connectivity index (χ3v) is 2.35. The van der Waals surface area contributed by atoms with Crippen LogP contribution in [-0.2, 0) is 0 Å². The number of amides is 1. The molecule has 2 heterocycles. The number of hydrogen-bond donors (Lipinski definition) is 2. The van der Waals surface area contributed by atoms with Crippen molar-refractivity contribution in [3.8, 4) is 0 Å². The molecule has 0 saturated carbocycles. The van der Waals surface area contributed by atoms with E-state index >= 15 is 0 Å².